The molecule has 4 nitrogen and oxygen atoms in total. The molecule has 0 saturated carbocycles. The number of carbonyl (C=O) groups is 1. The van der Waals surface area contributed by atoms with Crippen LogP contribution in [0.15, 0.2) is 72.9 Å². The lowest BCUT2D eigenvalue weighted by atomic mass is 10.0. The van der Waals surface area contributed by atoms with Gasteiger partial charge in [0.2, 0.25) is 5.91 Å². The predicted molar refractivity (Wildman–Crippen MR) is 271 cm³/mol. The lowest BCUT2D eigenvalue weighted by Crippen LogP contribution is -2.45. The monoisotopic (exact) mass is 850 g/mol. The fourth-order valence-corrected chi connectivity index (χ4v) is 7.97. The van der Waals surface area contributed by atoms with Gasteiger partial charge in [-0.1, -0.05) is 279 Å². The number of unbranched alkanes of at least 4 members (excludes halogenated alkanes) is 29. The van der Waals surface area contributed by atoms with Crippen LogP contribution in [0.4, 0.5) is 0 Å². The van der Waals surface area contributed by atoms with E-state index in [0.717, 1.165) is 51.4 Å². The van der Waals surface area contributed by atoms with Crippen LogP contribution in [-0.4, -0.2) is 34.9 Å². The Morgan fingerprint density at radius 3 is 0.984 bits per heavy atom. The van der Waals surface area contributed by atoms with Gasteiger partial charge < -0.3 is 15.5 Å². The normalized spacial score (nSPS) is 13.4. The van der Waals surface area contributed by atoms with E-state index >= 15 is 0 Å². The van der Waals surface area contributed by atoms with E-state index in [1.165, 1.54) is 180 Å². The number of hydrogen-bond donors (Lipinski definition) is 3. The van der Waals surface area contributed by atoms with Crippen molar-refractivity contribution in [3.63, 3.8) is 0 Å². The maximum atomic E-state index is 12.4. The highest BCUT2D eigenvalue weighted by atomic mass is 16.3. The Balaban J connectivity index is 3.53. The average Bonchev–Trinajstić information content (AvgIpc) is 3.26. The molecule has 2 unspecified atom stereocenters. The number of rotatable bonds is 48. The quantitative estimate of drug-likeness (QED) is 0.0422. The van der Waals surface area contributed by atoms with Crippen LogP contribution in [0.2, 0.25) is 0 Å². The first-order chi connectivity index (χ1) is 30.2. The molecule has 0 aromatic carbocycles. The molecule has 0 aromatic heterocycles. The van der Waals surface area contributed by atoms with E-state index < -0.39 is 12.1 Å². The van der Waals surface area contributed by atoms with Crippen LogP contribution < -0.4 is 5.32 Å². The van der Waals surface area contributed by atoms with Crippen molar-refractivity contribution in [2.45, 2.75) is 276 Å². The molecule has 0 spiro atoms. The summed E-state index contributed by atoms with van der Waals surface area (Å²) >= 11 is 0. The number of aliphatic hydroxyl groups excluding tert-OH is 2. The first kappa shape index (κ1) is 58.8. The minimum absolute atomic E-state index is 0.113. The number of nitrogens with one attached hydrogen (secondary N) is 1. The second kappa shape index (κ2) is 52.2. The van der Waals surface area contributed by atoms with E-state index in [2.05, 4.69) is 86.0 Å². The minimum Gasteiger partial charge on any atom is -0.394 e. The predicted octanol–water partition coefficient (Wildman–Crippen LogP) is 17.4. The van der Waals surface area contributed by atoms with Crippen molar-refractivity contribution >= 4 is 5.91 Å². The standard InChI is InChI=1S/C57H103NO3/c1-3-5-7-9-11-13-15-17-19-21-23-24-25-26-27-28-29-30-31-32-33-35-36-38-40-42-44-46-48-50-52-56(60)55(54-59)58-57(61)53-51-49-47-45-43-41-39-37-34-22-20-18-16-14-12-10-8-6-4-2/h6,8,12,14,18,20,34,37,41,43,47,49,55-56,59-60H,3-5,7,9-11,13,15-17,19,21-33,35-36,38-40,42,44-46,48,50-54H2,1-2H3,(H,58,61)/b8-6-,14-12-,20-18-,37-34-,43-41-,49-47-. The molecule has 0 saturated heterocycles. The summed E-state index contributed by atoms with van der Waals surface area (Å²) in [4.78, 5) is 12.4. The second-order valence-corrected chi connectivity index (χ2v) is 17.9. The molecule has 0 aliphatic rings. The maximum Gasteiger partial charge on any atom is 0.220 e. The van der Waals surface area contributed by atoms with Crippen molar-refractivity contribution in [3.8, 4) is 0 Å². The number of amides is 1. The highest BCUT2D eigenvalue weighted by Gasteiger charge is 2.19. The minimum atomic E-state index is -0.696. The zero-order chi connectivity index (χ0) is 44.2. The topological polar surface area (TPSA) is 69.6 Å². The molecule has 0 radical (unpaired) electrons. The summed E-state index contributed by atoms with van der Waals surface area (Å²) in [5, 5.41) is 23.2. The van der Waals surface area contributed by atoms with Crippen LogP contribution in [0.3, 0.4) is 0 Å². The highest BCUT2D eigenvalue weighted by Crippen LogP contribution is 2.17. The first-order valence-electron chi connectivity index (χ1n) is 26.6. The zero-order valence-corrected chi connectivity index (χ0v) is 40.7. The van der Waals surface area contributed by atoms with Crippen molar-refractivity contribution in [2.75, 3.05) is 6.61 Å². The van der Waals surface area contributed by atoms with Gasteiger partial charge in [-0.2, -0.15) is 0 Å². The Morgan fingerprint density at radius 2 is 0.689 bits per heavy atom. The Morgan fingerprint density at radius 1 is 0.410 bits per heavy atom. The fraction of sp³-hybridized carbons (Fsp3) is 0.772. The van der Waals surface area contributed by atoms with Crippen LogP contribution in [-0.2, 0) is 4.79 Å². The van der Waals surface area contributed by atoms with Crippen molar-refractivity contribution < 1.29 is 15.0 Å². The van der Waals surface area contributed by atoms with E-state index in [9.17, 15) is 15.0 Å². The van der Waals surface area contributed by atoms with Crippen LogP contribution in [0.5, 0.6) is 0 Å². The smallest absolute Gasteiger partial charge is 0.220 e. The number of hydrogen-bond acceptors (Lipinski definition) is 3. The summed E-state index contributed by atoms with van der Waals surface area (Å²) in [6, 6.07) is -0.582. The third-order valence-electron chi connectivity index (χ3n) is 12.0. The number of carbonyl (C=O) groups excluding carboxylic acids is 1. The van der Waals surface area contributed by atoms with E-state index in [-0.39, 0.29) is 12.5 Å². The molecular weight excluding hydrogens is 747 g/mol. The van der Waals surface area contributed by atoms with Crippen LogP contribution in [0.1, 0.15) is 264 Å². The van der Waals surface area contributed by atoms with Crippen LogP contribution in [0, 0.1) is 0 Å². The van der Waals surface area contributed by atoms with Gasteiger partial charge in [0, 0.05) is 6.42 Å². The number of allylic oxidation sites excluding steroid dienone is 12. The lowest BCUT2D eigenvalue weighted by molar-refractivity contribution is -0.123. The van der Waals surface area contributed by atoms with Gasteiger partial charge in [-0.25, -0.2) is 0 Å². The van der Waals surface area contributed by atoms with E-state index in [1.807, 2.05) is 6.08 Å². The molecule has 0 heterocycles. The summed E-state index contributed by atoms with van der Waals surface area (Å²) < 4.78 is 0. The molecule has 1 amide bonds. The van der Waals surface area contributed by atoms with Gasteiger partial charge in [0.15, 0.2) is 0 Å². The third kappa shape index (κ3) is 48.7. The first-order valence-corrected chi connectivity index (χ1v) is 26.6. The third-order valence-corrected chi connectivity index (χ3v) is 12.0. The fourth-order valence-electron chi connectivity index (χ4n) is 7.97. The van der Waals surface area contributed by atoms with E-state index in [4.69, 9.17) is 0 Å². The maximum absolute atomic E-state index is 12.4. The molecule has 61 heavy (non-hydrogen) atoms. The molecule has 0 aliphatic carbocycles. The van der Waals surface area contributed by atoms with Gasteiger partial charge >= 0.3 is 0 Å². The molecule has 2 atom stereocenters. The van der Waals surface area contributed by atoms with Gasteiger partial charge in [0.25, 0.3) is 0 Å². The molecular formula is C57H103NO3. The average molecular weight is 850 g/mol. The molecule has 0 bridgehead atoms. The largest absolute Gasteiger partial charge is 0.394 e. The van der Waals surface area contributed by atoms with Gasteiger partial charge in [-0.15, -0.1) is 0 Å². The summed E-state index contributed by atoms with van der Waals surface area (Å²) in [6.07, 6.45) is 74.7. The van der Waals surface area contributed by atoms with Crippen LogP contribution >= 0.6 is 0 Å². The molecule has 4 heteroatoms. The van der Waals surface area contributed by atoms with Crippen LogP contribution in [0.25, 0.3) is 0 Å². The van der Waals surface area contributed by atoms with Gasteiger partial charge in [-0.3, -0.25) is 4.79 Å². The van der Waals surface area contributed by atoms with Gasteiger partial charge in [-0.05, 0) is 51.4 Å². The highest BCUT2D eigenvalue weighted by molar-refractivity contribution is 5.76. The molecule has 354 valence electrons. The van der Waals surface area contributed by atoms with Gasteiger partial charge in [0.05, 0.1) is 18.8 Å². The zero-order valence-electron chi connectivity index (χ0n) is 40.7. The molecule has 0 aromatic rings. The van der Waals surface area contributed by atoms with Gasteiger partial charge in [0.1, 0.15) is 0 Å². The summed E-state index contributed by atoms with van der Waals surface area (Å²) in [5.74, 6) is -0.113. The Labute approximate surface area is 380 Å². The summed E-state index contributed by atoms with van der Waals surface area (Å²) in [5.41, 5.74) is 0. The summed E-state index contributed by atoms with van der Waals surface area (Å²) in [7, 11) is 0. The number of aliphatic hydroxyl groups is 2. The molecule has 3 N–H and O–H groups in total. The Kier molecular flexibility index (Phi) is 50.3. The van der Waals surface area contributed by atoms with Crippen molar-refractivity contribution in [3.05, 3.63) is 72.9 Å². The lowest BCUT2D eigenvalue weighted by Gasteiger charge is -2.22. The van der Waals surface area contributed by atoms with E-state index in [0.29, 0.717) is 19.3 Å². The van der Waals surface area contributed by atoms with Crippen molar-refractivity contribution in [1.82, 2.24) is 5.32 Å². The summed E-state index contributed by atoms with van der Waals surface area (Å²) in [6.45, 7) is 4.23. The van der Waals surface area contributed by atoms with Crippen molar-refractivity contribution in [2.24, 2.45) is 0 Å². The molecule has 0 aliphatic heterocycles. The second-order valence-electron chi connectivity index (χ2n) is 17.9. The Hall–Kier alpha value is -2.17. The Bertz CT molecular complexity index is 1050. The van der Waals surface area contributed by atoms with Crippen molar-refractivity contribution in [1.29, 1.82) is 0 Å². The van der Waals surface area contributed by atoms with E-state index in [1.54, 1.807) is 0 Å². The SMILES string of the molecule is CC/C=C\C/C=C\C/C=C\C/C=C\C/C=C\C/C=C\CCC(=O)NC(CO)C(O)CCCCCCCCCCCCCCCCCCCCCCCCCCCCCCCC. The molecule has 0 rings (SSSR count). The molecule has 0 fully saturated rings.